The molecular formula is C17H24N4O2. The molecule has 2 heterocycles. The maximum Gasteiger partial charge on any atom is 0.332 e. The highest BCUT2D eigenvalue weighted by atomic mass is 16.2. The van der Waals surface area contributed by atoms with E-state index < -0.39 is 0 Å². The molecule has 0 saturated heterocycles. The first-order chi connectivity index (χ1) is 11.2. The molecule has 2 aromatic heterocycles. The fourth-order valence-electron chi connectivity index (χ4n) is 3.25. The number of rotatable bonds is 5. The number of aromatic nitrogens is 4. The maximum absolute atomic E-state index is 12.7. The van der Waals surface area contributed by atoms with Gasteiger partial charge in [0.05, 0.1) is 0 Å². The zero-order chi connectivity index (χ0) is 16.4. The highest BCUT2D eigenvalue weighted by Crippen LogP contribution is 2.26. The Morgan fingerprint density at radius 1 is 1.22 bits per heavy atom. The van der Waals surface area contributed by atoms with Crippen molar-refractivity contribution in [3.63, 3.8) is 0 Å². The molecule has 124 valence electrons. The number of aromatic amines is 1. The molecule has 0 aromatic carbocycles. The molecule has 23 heavy (non-hydrogen) atoms. The Morgan fingerprint density at radius 3 is 2.61 bits per heavy atom. The van der Waals surface area contributed by atoms with E-state index >= 15 is 0 Å². The number of allylic oxidation sites excluding steroid dienone is 2. The lowest BCUT2D eigenvalue weighted by molar-refractivity contribution is 0.555. The number of nitrogens with one attached hydrogen (secondary N) is 1. The molecule has 1 atom stereocenters. The molecule has 2 aromatic rings. The summed E-state index contributed by atoms with van der Waals surface area (Å²) >= 11 is 0. The number of imidazole rings is 1. The second-order valence-electron chi connectivity index (χ2n) is 6.18. The van der Waals surface area contributed by atoms with E-state index in [9.17, 15) is 9.59 Å². The minimum absolute atomic E-state index is 0.209. The Morgan fingerprint density at radius 2 is 1.96 bits per heavy atom. The number of H-pyrrole nitrogens is 1. The van der Waals surface area contributed by atoms with Crippen molar-refractivity contribution in [3.05, 3.63) is 38.8 Å². The van der Waals surface area contributed by atoms with Crippen LogP contribution in [0.1, 0.15) is 57.7 Å². The largest absolute Gasteiger partial charge is 0.336 e. The Hall–Kier alpha value is -2.11. The van der Waals surface area contributed by atoms with Gasteiger partial charge in [-0.15, -0.1) is 0 Å². The molecule has 0 radical (unpaired) electrons. The summed E-state index contributed by atoms with van der Waals surface area (Å²) in [5.41, 5.74) is 0.463. The first-order valence-corrected chi connectivity index (χ1v) is 8.57. The fraction of sp³-hybridized carbons (Fsp3) is 0.588. The normalized spacial score (nSPS) is 17.9. The van der Waals surface area contributed by atoms with E-state index in [0.29, 0.717) is 24.3 Å². The molecule has 1 N–H and O–H groups in total. The molecule has 6 heteroatoms. The third-order valence-electron chi connectivity index (χ3n) is 4.38. The van der Waals surface area contributed by atoms with E-state index in [1.165, 1.54) is 4.57 Å². The van der Waals surface area contributed by atoms with Gasteiger partial charge in [0.1, 0.15) is 11.3 Å². The van der Waals surface area contributed by atoms with Crippen LogP contribution in [0.25, 0.3) is 11.2 Å². The van der Waals surface area contributed by atoms with Crippen molar-refractivity contribution in [3.8, 4) is 0 Å². The highest BCUT2D eigenvalue weighted by molar-refractivity contribution is 5.70. The van der Waals surface area contributed by atoms with Crippen LogP contribution in [-0.2, 0) is 13.1 Å². The smallest absolute Gasteiger partial charge is 0.332 e. The van der Waals surface area contributed by atoms with Crippen LogP contribution in [0.5, 0.6) is 0 Å². The number of nitrogens with zero attached hydrogens (tertiary/aromatic N) is 3. The second kappa shape index (κ2) is 6.56. The molecule has 0 spiro atoms. The van der Waals surface area contributed by atoms with Crippen LogP contribution in [0.3, 0.4) is 0 Å². The number of aryl methyl sites for hydroxylation is 1. The van der Waals surface area contributed by atoms with E-state index in [0.717, 1.165) is 37.9 Å². The van der Waals surface area contributed by atoms with Gasteiger partial charge in [-0.05, 0) is 32.1 Å². The van der Waals surface area contributed by atoms with E-state index in [4.69, 9.17) is 0 Å². The monoisotopic (exact) mass is 316 g/mol. The van der Waals surface area contributed by atoms with Gasteiger partial charge >= 0.3 is 5.69 Å². The summed E-state index contributed by atoms with van der Waals surface area (Å²) in [7, 11) is 0. The van der Waals surface area contributed by atoms with E-state index in [1.807, 2.05) is 13.8 Å². The Kier molecular flexibility index (Phi) is 4.50. The van der Waals surface area contributed by atoms with Gasteiger partial charge in [-0.1, -0.05) is 26.0 Å². The standard InChI is InChI=1S/C17H24N4O2/c1-3-10-20-15-13(16(22)21(11-4-2)17(20)23)18-14(19-15)12-8-6-5-7-9-12/h6,8,12H,3-5,7,9-11H2,1-2H3,(H,18,19). The summed E-state index contributed by atoms with van der Waals surface area (Å²) < 4.78 is 2.97. The van der Waals surface area contributed by atoms with Crippen LogP contribution in [-0.4, -0.2) is 19.1 Å². The third-order valence-corrected chi connectivity index (χ3v) is 4.38. The van der Waals surface area contributed by atoms with E-state index in [2.05, 4.69) is 22.1 Å². The molecule has 0 bridgehead atoms. The highest BCUT2D eigenvalue weighted by Gasteiger charge is 2.20. The molecule has 1 unspecified atom stereocenters. The number of hydrogen-bond donors (Lipinski definition) is 1. The predicted octanol–water partition coefficient (Wildman–Crippen LogP) is 2.53. The van der Waals surface area contributed by atoms with Gasteiger partial charge < -0.3 is 4.98 Å². The van der Waals surface area contributed by atoms with Crippen molar-refractivity contribution >= 4 is 11.2 Å². The summed E-state index contributed by atoms with van der Waals surface area (Å²) in [6.45, 7) is 5.00. The SMILES string of the molecule is CCCn1c(=O)c2[nH]c(C3C=CCCC3)nc2n(CCC)c1=O. The molecular weight excluding hydrogens is 292 g/mol. The van der Waals surface area contributed by atoms with Gasteiger partial charge in [0.2, 0.25) is 0 Å². The van der Waals surface area contributed by atoms with Crippen molar-refractivity contribution in [2.45, 2.75) is 65.0 Å². The Bertz CT molecular complexity index is 841. The van der Waals surface area contributed by atoms with Crippen LogP contribution in [0.2, 0.25) is 0 Å². The summed E-state index contributed by atoms with van der Waals surface area (Å²) in [6.07, 6.45) is 9.13. The van der Waals surface area contributed by atoms with Crippen LogP contribution in [0, 0.1) is 0 Å². The van der Waals surface area contributed by atoms with Crippen LogP contribution >= 0.6 is 0 Å². The molecule has 0 saturated carbocycles. The Labute approximate surface area is 134 Å². The van der Waals surface area contributed by atoms with Gasteiger partial charge in [0.15, 0.2) is 5.65 Å². The molecule has 0 amide bonds. The summed E-state index contributed by atoms with van der Waals surface area (Å²) in [5.74, 6) is 1.01. The van der Waals surface area contributed by atoms with Crippen molar-refractivity contribution in [1.29, 1.82) is 0 Å². The van der Waals surface area contributed by atoms with Crippen molar-refractivity contribution < 1.29 is 0 Å². The summed E-state index contributed by atoms with van der Waals surface area (Å²) in [5, 5.41) is 0. The van der Waals surface area contributed by atoms with Crippen molar-refractivity contribution in [2.24, 2.45) is 0 Å². The first-order valence-electron chi connectivity index (χ1n) is 8.57. The van der Waals surface area contributed by atoms with Gasteiger partial charge in [-0.25, -0.2) is 9.78 Å². The second-order valence-corrected chi connectivity index (χ2v) is 6.18. The van der Waals surface area contributed by atoms with Gasteiger partial charge in [0, 0.05) is 19.0 Å². The van der Waals surface area contributed by atoms with Crippen LogP contribution in [0.4, 0.5) is 0 Å². The third kappa shape index (κ3) is 2.78. The van der Waals surface area contributed by atoms with Crippen molar-refractivity contribution in [2.75, 3.05) is 0 Å². The summed E-state index contributed by atoms with van der Waals surface area (Å²) in [4.78, 5) is 33.1. The van der Waals surface area contributed by atoms with Crippen LogP contribution in [0.15, 0.2) is 21.7 Å². The van der Waals surface area contributed by atoms with Crippen LogP contribution < -0.4 is 11.2 Å². The zero-order valence-corrected chi connectivity index (χ0v) is 13.8. The van der Waals surface area contributed by atoms with Gasteiger partial charge in [0.25, 0.3) is 5.56 Å². The molecule has 6 nitrogen and oxygen atoms in total. The lowest BCUT2D eigenvalue weighted by Crippen LogP contribution is -2.40. The first kappa shape index (κ1) is 15.8. The van der Waals surface area contributed by atoms with Crippen molar-refractivity contribution in [1.82, 2.24) is 19.1 Å². The number of fused-ring (bicyclic) bond motifs is 1. The average molecular weight is 316 g/mol. The minimum atomic E-state index is -0.252. The summed E-state index contributed by atoms with van der Waals surface area (Å²) in [6, 6.07) is 0. The maximum atomic E-state index is 12.7. The van der Waals surface area contributed by atoms with E-state index in [1.54, 1.807) is 4.57 Å². The lowest BCUT2D eigenvalue weighted by Gasteiger charge is -2.12. The van der Waals surface area contributed by atoms with Gasteiger partial charge in [-0.3, -0.25) is 13.9 Å². The molecule has 1 aliphatic carbocycles. The topological polar surface area (TPSA) is 72.7 Å². The minimum Gasteiger partial charge on any atom is -0.336 e. The number of hydrogen-bond acceptors (Lipinski definition) is 3. The van der Waals surface area contributed by atoms with E-state index in [-0.39, 0.29) is 17.2 Å². The molecule has 3 rings (SSSR count). The average Bonchev–Trinajstić information content (AvgIpc) is 3.02. The van der Waals surface area contributed by atoms with Gasteiger partial charge in [-0.2, -0.15) is 0 Å². The molecule has 0 fully saturated rings. The quantitative estimate of drug-likeness (QED) is 0.862. The molecule has 1 aliphatic rings. The molecule has 0 aliphatic heterocycles. The fourth-order valence-corrected chi connectivity index (χ4v) is 3.25. The lowest BCUT2D eigenvalue weighted by atomic mass is 9.95. The zero-order valence-electron chi connectivity index (χ0n) is 13.8. The Balaban J connectivity index is 2.23. The predicted molar refractivity (Wildman–Crippen MR) is 90.9 cm³/mol.